The van der Waals surface area contributed by atoms with Crippen LogP contribution in [0.25, 0.3) is 0 Å². The van der Waals surface area contributed by atoms with E-state index in [1.54, 1.807) is 6.07 Å². The van der Waals surface area contributed by atoms with Gasteiger partial charge in [0.25, 0.3) is 5.91 Å². The van der Waals surface area contributed by atoms with Crippen molar-refractivity contribution >= 4 is 5.91 Å². The monoisotopic (exact) mass is 223 g/mol. The molecule has 1 N–H and O–H groups in total. The fraction of sp³-hybridized carbons (Fsp3) is 0. The molecule has 0 aliphatic heterocycles. The van der Waals surface area contributed by atoms with Gasteiger partial charge < -0.3 is 0 Å². The molecule has 4 nitrogen and oxygen atoms in total. The van der Waals surface area contributed by atoms with Crippen LogP contribution < -0.4 is 5.43 Å². The second-order valence-corrected chi connectivity index (χ2v) is 2.99. The van der Waals surface area contributed by atoms with E-state index in [4.69, 9.17) is 0 Å². The molecule has 0 saturated carbocycles. The molecule has 82 valence electrons. The van der Waals surface area contributed by atoms with Crippen LogP contribution in [0, 0.1) is 11.6 Å². The van der Waals surface area contributed by atoms with Gasteiger partial charge in [0, 0.05) is 6.20 Å². The highest BCUT2D eigenvalue weighted by molar-refractivity contribution is 6.00. The Labute approximate surface area is 89.5 Å². The van der Waals surface area contributed by atoms with Crippen molar-refractivity contribution in [1.82, 2.24) is 9.89 Å². The molecule has 2 aromatic rings. The molecule has 16 heavy (non-hydrogen) atoms. The third-order valence-corrected chi connectivity index (χ3v) is 1.91. The smallest absolute Gasteiger partial charge is 0.267 e. The number of hydrogen-bond acceptors (Lipinski definition) is 2. The number of nitrogens with zero attached hydrogens (tertiary/aromatic N) is 2. The molecule has 0 aliphatic rings. The lowest BCUT2D eigenvalue weighted by molar-refractivity contribution is 0.0997. The van der Waals surface area contributed by atoms with Gasteiger partial charge in [0.2, 0.25) is 0 Å². The largest absolute Gasteiger partial charge is 0.277 e. The minimum atomic E-state index is -0.912. The molecular formula is C10H7F2N3O. The topological polar surface area (TPSA) is 46.9 Å². The summed E-state index contributed by atoms with van der Waals surface area (Å²) in [5, 5.41) is 3.68. The maximum Gasteiger partial charge on any atom is 0.277 e. The zero-order valence-electron chi connectivity index (χ0n) is 8.02. The molecule has 0 spiro atoms. The standard InChI is InChI=1S/C10H7F2N3O/c11-7-3-1-4-8(12)9(7)10(16)14-15-6-2-5-13-15/h1-6H,(H,14,16). The first-order valence-corrected chi connectivity index (χ1v) is 4.43. The molecule has 1 aromatic carbocycles. The van der Waals surface area contributed by atoms with E-state index < -0.39 is 23.1 Å². The average Bonchev–Trinajstić information content (AvgIpc) is 2.70. The number of aromatic nitrogens is 2. The van der Waals surface area contributed by atoms with E-state index >= 15 is 0 Å². The zero-order chi connectivity index (χ0) is 11.5. The van der Waals surface area contributed by atoms with E-state index in [-0.39, 0.29) is 0 Å². The summed E-state index contributed by atoms with van der Waals surface area (Å²) in [6.07, 6.45) is 2.87. The van der Waals surface area contributed by atoms with Crippen LogP contribution >= 0.6 is 0 Å². The lowest BCUT2D eigenvalue weighted by atomic mass is 10.2. The van der Waals surface area contributed by atoms with E-state index in [0.29, 0.717) is 0 Å². The van der Waals surface area contributed by atoms with E-state index in [1.807, 2.05) is 0 Å². The third-order valence-electron chi connectivity index (χ3n) is 1.91. The van der Waals surface area contributed by atoms with Gasteiger partial charge in [0.15, 0.2) is 0 Å². The predicted molar refractivity (Wildman–Crippen MR) is 52.3 cm³/mol. The maximum absolute atomic E-state index is 13.2. The predicted octanol–water partition coefficient (Wildman–Crippen LogP) is 1.55. The second-order valence-electron chi connectivity index (χ2n) is 2.99. The van der Waals surface area contributed by atoms with Crippen LogP contribution in [0.1, 0.15) is 10.4 Å². The normalized spacial score (nSPS) is 10.1. The number of hydrogen-bond donors (Lipinski definition) is 1. The van der Waals surface area contributed by atoms with Crippen molar-refractivity contribution in [1.29, 1.82) is 0 Å². The summed E-state index contributed by atoms with van der Waals surface area (Å²) in [4.78, 5) is 12.6. The second kappa shape index (κ2) is 4.09. The van der Waals surface area contributed by atoms with Crippen LogP contribution in [0.5, 0.6) is 0 Å². The van der Waals surface area contributed by atoms with Crippen molar-refractivity contribution in [3.8, 4) is 0 Å². The van der Waals surface area contributed by atoms with Crippen LogP contribution in [-0.2, 0) is 0 Å². The number of benzene rings is 1. The summed E-state index contributed by atoms with van der Waals surface area (Å²) in [7, 11) is 0. The molecule has 0 bridgehead atoms. The van der Waals surface area contributed by atoms with Crippen molar-refractivity contribution in [3.05, 3.63) is 53.9 Å². The first-order chi connectivity index (χ1) is 7.68. The number of rotatable bonds is 2. The third kappa shape index (κ3) is 1.90. The fourth-order valence-electron chi connectivity index (χ4n) is 1.21. The Kier molecular flexibility index (Phi) is 2.63. The molecule has 0 atom stereocenters. The highest BCUT2D eigenvalue weighted by Crippen LogP contribution is 2.11. The molecule has 1 aromatic heterocycles. The Morgan fingerprint density at radius 3 is 2.50 bits per heavy atom. The summed E-state index contributed by atoms with van der Waals surface area (Å²) in [6, 6.07) is 4.79. The summed E-state index contributed by atoms with van der Waals surface area (Å²) in [5.74, 6) is -2.71. The zero-order valence-corrected chi connectivity index (χ0v) is 8.02. The van der Waals surface area contributed by atoms with E-state index in [9.17, 15) is 13.6 Å². The van der Waals surface area contributed by atoms with Gasteiger partial charge in [-0.2, -0.15) is 9.89 Å². The number of halogens is 2. The molecule has 2 rings (SSSR count). The summed E-state index contributed by atoms with van der Waals surface area (Å²) < 4.78 is 26.4. The Hall–Kier alpha value is -2.24. The molecule has 0 aliphatic carbocycles. The maximum atomic E-state index is 13.2. The van der Waals surface area contributed by atoms with Crippen molar-refractivity contribution in [3.63, 3.8) is 0 Å². The molecule has 0 saturated heterocycles. The first kappa shape index (κ1) is 10.3. The Bertz CT molecular complexity index is 491. The number of nitrogens with one attached hydrogen (secondary N) is 1. The van der Waals surface area contributed by atoms with Crippen LogP contribution in [0.15, 0.2) is 36.7 Å². The number of carbonyl (C=O) groups is 1. The summed E-state index contributed by atoms with van der Waals surface area (Å²) in [5.41, 5.74) is 1.58. The van der Waals surface area contributed by atoms with Crippen molar-refractivity contribution in [2.75, 3.05) is 5.43 Å². The molecule has 1 amide bonds. The van der Waals surface area contributed by atoms with Gasteiger partial charge in [-0.25, -0.2) is 14.2 Å². The van der Waals surface area contributed by atoms with E-state index in [0.717, 1.165) is 16.9 Å². The average molecular weight is 223 g/mol. The van der Waals surface area contributed by atoms with Crippen molar-refractivity contribution in [2.45, 2.75) is 0 Å². The SMILES string of the molecule is O=C(Nn1cccn1)c1c(F)cccc1F. The fourth-order valence-corrected chi connectivity index (χ4v) is 1.21. The minimum Gasteiger partial charge on any atom is -0.267 e. The molecular weight excluding hydrogens is 216 g/mol. The highest BCUT2D eigenvalue weighted by Gasteiger charge is 2.16. The molecule has 0 fully saturated rings. The van der Waals surface area contributed by atoms with Gasteiger partial charge in [-0.3, -0.25) is 4.79 Å². The summed E-state index contributed by atoms with van der Waals surface area (Å²) >= 11 is 0. The van der Waals surface area contributed by atoms with Gasteiger partial charge >= 0.3 is 0 Å². The molecule has 0 radical (unpaired) electrons. The molecule has 0 unspecified atom stereocenters. The van der Waals surface area contributed by atoms with Gasteiger partial charge in [-0.15, -0.1) is 0 Å². The molecule has 1 heterocycles. The van der Waals surface area contributed by atoms with Crippen LogP contribution in [-0.4, -0.2) is 15.8 Å². The van der Waals surface area contributed by atoms with Crippen molar-refractivity contribution in [2.24, 2.45) is 0 Å². The Morgan fingerprint density at radius 2 is 1.94 bits per heavy atom. The highest BCUT2D eigenvalue weighted by atomic mass is 19.1. The van der Waals surface area contributed by atoms with E-state index in [2.05, 4.69) is 10.5 Å². The van der Waals surface area contributed by atoms with Crippen LogP contribution in [0.4, 0.5) is 8.78 Å². The summed E-state index contributed by atoms with van der Waals surface area (Å²) in [6.45, 7) is 0. The lowest BCUT2D eigenvalue weighted by Crippen LogP contribution is -2.25. The van der Waals surface area contributed by atoms with Gasteiger partial charge in [-0.1, -0.05) is 6.07 Å². The van der Waals surface area contributed by atoms with Gasteiger partial charge in [0.05, 0.1) is 6.20 Å². The van der Waals surface area contributed by atoms with Crippen LogP contribution in [0.2, 0.25) is 0 Å². The Balaban J connectivity index is 2.28. The van der Waals surface area contributed by atoms with E-state index in [1.165, 1.54) is 18.5 Å². The molecule has 6 heteroatoms. The number of carbonyl (C=O) groups excluding carboxylic acids is 1. The first-order valence-electron chi connectivity index (χ1n) is 4.43. The lowest BCUT2D eigenvalue weighted by Gasteiger charge is -2.06. The van der Waals surface area contributed by atoms with Gasteiger partial charge in [-0.05, 0) is 18.2 Å². The number of amides is 1. The minimum absolute atomic E-state index is 0.627. The van der Waals surface area contributed by atoms with Gasteiger partial charge in [0.1, 0.15) is 17.2 Å². The quantitative estimate of drug-likeness (QED) is 0.839. The Morgan fingerprint density at radius 1 is 1.25 bits per heavy atom. The van der Waals surface area contributed by atoms with Crippen LogP contribution in [0.3, 0.4) is 0 Å². The van der Waals surface area contributed by atoms with Crippen molar-refractivity contribution < 1.29 is 13.6 Å².